The van der Waals surface area contributed by atoms with Crippen molar-refractivity contribution in [3.8, 4) is 0 Å². The van der Waals surface area contributed by atoms with E-state index in [1.165, 1.54) is 17.7 Å². The van der Waals surface area contributed by atoms with Gasteiger partial charge in [-0.15, -0.1) is 0 Å². The predicted octanol–water partition coefficient (Wildman–Crippen LogP) is 3.36. The van der Waals surface area contributed by atoms with E-state index in [4.69, 9.17) is 11.6 Å². The number of nitrogens with zero attached hydrogens (tertiary/aromatic N) is 2. The quantitative estimate of drug-likeness (QED) is 0.931. The molecule has 2 aromatic rings. The standard InChI is InChI=1S/C15H18ClN3/c1-11-17-8-15(18-11)10-19-6-5-13(9-19)12-3-2-4-14(16)7-12/h2-4,7-8,13H,5-6,9-10H2,1H3,(H,17,18)/t13-/m1/s1. The Morgan fingerprint density at radius 2 is 2.37 bits per heavy atom. The van der Waals surface area contributed by atoms with Crippen molar-refractivity contribution in [1.29, 1.82) is 0 Å². The van der Waals surface area contributed by atoms with E-state index in [9.17, 15) is 0 Å². The number of hydrogen-bond donors (Lipinski definition) is 1. The number of rotatable bonds is 3. The first kappa shape index (κ1) is 12.7. The lowest BCUT2D eigenvalue weighted by Gasteiger charge is -2.15. The van der Waals surface area contributed by atoms with Crippen molar-refractivity contribution in [1.82, 2.24) is 14.9 Å². The number of imidazole rings is 1. The molecule has 3 nitrogen and oxygen atoms in total. The van der Waals surface area contributed by atoms with Crippen molar-refractivity contribution < 1.29 is 0 Å². The molecule has 3 rings (SSSR count). The van der Waals surface area contributed by atoms with Gasteiger partial charge in [0.25, 0.3) is 0 Å². The molecule has 0 radical (unpaired) electrons. The van der Waals surface area contributed by atoms with Gasteiger partial charge in [-0.25, -0.2) is 4.98 Å². The van der Waals surface area contributed by atoms with Crippen molar-refractivity contribution in [2.75, 3.05) is 13.1 Å². The number of aromatic nitrogens is 2. The molecule has 1 fully saturated rings. The fraction of sp³-hybridized carbons (Fsp3) is 0.400. The van der Waals surface area contributed by atoms with Crippen LogP contribution in [0.15, 0.2) is 30.5 Å². The summed E-state index contributed by atoms with van der Waals surface area (Å²) >= 11 is 6.07. The Kier molecular flexibility index (Phi) is 3.58. The van der Waals surface area contributed by atoms with Gasteiger partial charge < -0.3 is 4.98 Å². The molecule has 1 saturated heterocycles. The summed E-state index contributed by atoms with van der Waals surface area (Å²) < 4.78 is 0. The minimum atomic E-state index is 0.600. The van der Waals surface area contributed by atoms with E-state index in [-0.39, 0.29) is 0 Å². The largest absolute Gasteiger partial charge is 0.345 e. The molecule has 0 bridgehead atoms. The Balaban J connectivity index is 1.64. The molecule has 1 aromatic carbocycles. The van der Waals surface area contributed by atoms with Crippen molar-refractivity contribution in [2.45, 2.75) is 25.8 Å². The van der Waals surface area contributed by atoms with Gasteiger partial charge in [0.1, 0.15) is 5.82 Å². The van der Waals surface area contributed by atoms with E-state index < -0.39 is 0 Å². The predicted molar refractivity (Wildman–Crippen MR) is 77.4 cm³/mol. The van der Waals surface area contributed by atoms with E-state index in [0.29, 0.717) is 5.92 Å². The molecule has 1 aliphatic rings. The van der Waals surface area contributed by atoms with Crippen LogP contribution in [-0.2, 0) is 6.54 Å². The summed E-state index contributed by atoms with van der Waals surface area (Å²) in [5, 5.41) is 0.833. The van der Waals surface area contributed by atoms with Crippen LogP contribution in [0.5, 0.6) is 0 Å². The maximum absolute atomic E-state index is 6.07. The third-order valence-corrected chi connectivity index (χ3v) is 3.98. The molecule has 0 amide bonds. The van der Waals surface area contributed by atoms with E-state index >= 15 is 0 Å². The highest BCUT2D eigenvalue weighted by atomic mass is 35.5. The lowest BCUT2D eigenvalue weighted by molar-refractivity contribution is 0.323. The first-order chi connectivity index (χ1) is 9.20. The maximum Gasteiger partial charge on any atom is 0.103 e. The number of H-pyrrole nitrogens is 1. The first-order valence-electron chi connectivity index (χ1n) is 6.69. The van der Waals surface area contributed by atoms with Gasteiger partial charge in [0.15, 0.2) is 0 Å². The fourth-order valence-electron chi connectivity index (χ4n) is 2.80. The summed E-state index contributed by atoms with van der Waals surface area (Å²) in [5.41, 5.74) is 2.56. The van der Waals surface area contributed by atoms with E-state index in [0.717, 1.165) is 30.5 Å². The lowest BCUT2D eigenvalue weighted by Crippen LogP contribution is -2.19. The number of benzene rings is 1. The molecule has 0 spiro atoms. The molecule has 0 saturated carbocycles. The van der Waals surface area contributed by atoms with Gasteiger partial charge in [-0.05, 0) is 43.5 Å². The summed E-state index contributed by atoms with van der Waals surface area (Å²) in [4.78, 5) is 10.0. The van der Waals surface area contributed by atoms with Gasteiger partial charge >= 0.3 is 0 Å². The van der Waals surface area contributed by atoms with Gasteiger partial charge in [-0.3, -0.25) is 4.90 Å². The Bertz CT molecular complexity index is 564. The van der Waals surface area contributed by atoms with Crippen LogP contribution in [0.1, 0.15) is 29.4 Å². The molecular formula is C15H18ClN3. The summed E-state index contributed by atoms with van der Waals surface area (Å²) in [6, 6.07) is 8.25. The minimum Gasteiger partial charge on any atom is -0.345 e. The highest BCUT2D eigenvalue weighted by Crippen LogP contribution is 2.29. The summed E-state index contributed by atoms with van der Waals surface area (Å²) in [5.74, 6) is 1.59. The third kappa shape index (κ3) is 2.99. The van der Waals surface area contributed by atoms with Gasteiger partial charge in [0, 0.05) is 30.0 Å². The molecule has 4 heteroatoms. The number of hydrogen-bond acceptors (Lipinski definition) is 2. The maximum atomic E-state index is 6.07. The van der Waals surface area contributed by atoms with Gasteiger partial charge in [0.2, 0.25) is 0 Å². The number of nitrogens with one attached hydrogen (secondary N) is 1. The zero-order valence-corrected chi connectivity index (χ0v) is 11.8. The molecule has 1 aromatic heterocycles. The molecule has 1 N–H and O–H groups in total. The zero-order chi connectivity index (χ0) is 13.2. The van der Waals surface area contributed by atoms with Crippen molar-refractivity contribution in [3.05, 3.63) is 52.6 Å². The average Bonchev–Trinajstić information content (AvgIpc) is 2.99. The van der Waals surface area contributed by atoms with Crippen molar-refractivity contribution in [2.24, 2.45) is 0 Å². The molecule has 100 valence electrons. The minimum absolute atomic E-state index is 0.600. The second-order valence-electron chi connectivity index (χ2n) is 5.27. The normalized spacial score (nSPS) is 20.0. The molecule has 2 heterocycles. The molecule has 19 heavy (non-hydrogen) atoms. The number of halogens is 1. The van der Waals surface area contributed by atoms with E-state index in [2.05, 4.69) is 27.0 Å². The average molecular weight is 276 g/mol. The molecule has 0 aliphatic carbocycles. The first-order valence-corrected chi connectivity index (χ1v) is 7.07. The highest BCUT2D eigenvalue weighted by Gasteiger charge is 2.24. The van der Waals surface area contributed by atoms with Crippen LogP contribution < -0.4 is 0 Å². The fourth-order valence-corrected chi connectivity index (χ4v) is 3.00. The van der Waals surface area contributed by atoms with E-state index in [1.807, 2.05) is 25.3 Å². The van der Waals surface area contributed by atoms with Crippen LogP contribution in [0.25, 0.3) is 0 Å². The Morgan fingerprint density at radius 1 is 1.47 bits per heavy atom. The monoisotopic (exact) mass is 275 g/mol. The Morgan fingerprint density at radius 3 is 3.11 bits per heavy atom. The van der Waals surface area contributed by atoms with Crippen LogP contribution in [0.4, 0.5) is 0 Å². The van der Waals surface area contributed by atoms with Gasteiger partial charge in [-0.2, -0.15) is 0 Å². The molecule has 1 aliphatic heterocycles. The van der Waals surface area contributed by atoms with Crippen LogP contribution in [-0.4, -0.2) is 28.0 Å². The number of aryl methyl sites for hydroxylation is 1. The van der Waals surface area contributed by atoms with Crippen molar-refractivity contribution >= 4 is 11.6 Å². The smallest absolute Gasteiger partial charge is 0.103 e. The Hall–Kier alpha value is -1.32. The zero-order valence-electron chi connectivity index (χ0n) is 11.1. The van der Waals surface area contributed by atoms with Crippen LogP contribution >= 0.6 is 11.6 Å². The van der Waals surface area contributed by atoms with Crippen LogP contribution in [0.2, 0.25) is 5.02 Å². The second kappa shape index (κ2) is 5.35. The van der Waals surface area contributed by atoms with Crippen LogP contribution in [0.3, 0.4) is 0 Å². The number of aromatic amines is 1. The van der Waals surface area contributed by atoms with Gasteiger partial charge in [0.05, 0.1) is 0 Å². The molecule has 0 unspecified atom stereocenters. The second-order valence-corrected chi connectivity index (χ2v) is 5.71. The molecular weight excluding hydrogens is 258 g/mol. The van der Waals surface area contributed by atoms with E-state index in [1.54, 1.807) is 0 Å². The third-order valence-electron chi connectivity index (χ3n) is 3.74. The molecule has 1 atom stereocenters. The SMILES string of the molecule is Cc1ncc(CN2CC[C@@H](c3cccc(Cl)c3)C2)[nH]1. The lowest BCUT2D eigenvalue weighted by atomic mass is 9.99. The summed E-state index contributed by atoms with van der Waals surface area (Å²) in [7, 11) is 0. The highest BCUT2D eigenvalue weighted by molar-refractivity contribution is 6.30. The summed E-state index contributed by atoms with van der Waals surface area (Å²) in [6.07, 6.45) is 3.13. The number of likely N-dealkylation sites (tertiary alicyclic amines) is 1. The van der Waals surface area contributed by atoms with Gasteiger partial charge in [-0.1, -0.05) is 23.7 Å². The Labute approximate surface area is 118 Å². The topological polar surface area (TPSA) is 31.9 Å². The van der Waals surface area contributed by atoms with Crippen molar-refractivity contribution in [3.63, 3.8) is 0 Å². The van der Waals surface area contributed by atoms with Crippen LogP contribution in [0, 0.1) is 6.92 Å². The summed E-state index contributed by atoms with van der Waals surface area (Å²) in [6.45, 7) is 5.17.